The van der Waals surface area contributed by atoms with E-state index in [1.165, 1.54) is 19.1 Å². The molecule has 13 heavy (non-hydrogen) atoms. The molecule has 0 saturated heterocycles. The topological polar surface area (TPSA) is 54.4 Å². The third kappa shape index (κ3) is 8.97. The Morgan fingerprint density at radius 2 is 1.69 bits per heavy atom. The second-order valence-corrected chi connectivity index (χ2v) is 3.91. The Morgan fingerprint density at radius 1 is 1.31 bits per heavy atom. The second kappa shape index (κ2) is 5.66. The lowest BCUT2D eigenvalue weighted by atomic mass is 10.4. The van der Waals surface area contributed by atoms with E-state index in [4.69, 9.17) is 4.55 Å². The van der Waals surface area contributed by atoms with Crippen LogP contribution in [0.2, 0.25) is 0 Å². The van der Waals surface area contributed by atoms with Gasteiger partial charge in [-0.15, -0.1) is 0 Å². The van der Waals surface area contributed by atoms with Crippen LogP contribution in [0.5, 0.6) is 0 Å². The van der Waals surface area contributed by atoms with Crippen molar-refractivity contribution in [3.8, 4) is 0 Å². The quantitative estimate of drug-likeness (QED) is 0.712. The van der Waals surface area contributed by atoms with E-state index in [2.05, 4.69) is 0 Å². The van der Waals surface area contributed by atoms with Crippen LogP contribution in [0.25, 0.3) is 0 Å². The largest absolute Gasteiger partial charge is 0.286 e. The maximum Gasteiger partial charge on any atom is 0.264 e. The van der Waals surface area contributed by atoms with Crippen molar-refractivity contribution in [1.29, 1.82) is 0 Å². The normalized spacial score (nSPS) is 10.1. The molecule has 1 aromatic rings. The summed E-state index contributed by atoms with van der Waals surface area (Å²) >= 11 is 0. The highest BCUT2D eigenvalue weighted by Crippen LogP contribution is 1.91. The fourth-order valence-electron chi connectivity index (χ4n) is 0.415. The van der Waals surface area contributed by atoms with E-state index in [1.54, 1.807) is 18.2 Å². The van der Waals surface area contributed by atoms with Crippen LogP contribution >= 0.6 is 0 Å². The van der Waals surface area contributed by atoms with Crippen LogP contribution in [0.3, 0.4) is 0 Å². The van der Waals surface area contributed by atoms with Gasteiger partial charge in [-0.1, -0.05) is 18.2 Å². The van der Waals surface area contributed by atoms with Gasteiger partial charge in [-0.25, -0.2) is 4.39 Å². The van der Waals surface area contributed by atoms with Crippen molar-refractivity contribution in [2.45, 2.75) is 6.92 Å². The Morgan fingerprint density at radius 3 is 1.85 bits per heavy atom. The summed E-state index contributed by atoms with van der Waals surface area (Å²) in [6, 6.07) is 7.94. The van der Waals surface area contributed by atoms with E-state index in [0.717, 1.165) is 0 Å². The Balaban J connectivity index is 0.000000226. The van der Waals surface area contributed by atoms with Crippen molar-refractivity contribution in [3.05, 3.63) is 36.1 Å². The number of hydrogen-bond donors (Lipinski definition) is 1. The molecule has 1 aromatic carbocycles. The third-order valence-corrected chi connectivity index (χ3v) is 1.83. The molecule has 5 heteroatoms. The first kappa shape index (κ1) is 12.1. The van der Waals surface area contributed by atoms with Crippen molar-refractivity contribution < 1.29 is 17.4 Å². The molecule has 0 amide bonds. The lowest BCUT2D eigenvalue weighted by Gasteiger charge is -1.79. The molecule has 0 fully saturated rings. The highest BCUT2D eigenvalue weighted by molar-refractivity contribution is 7.85. The average Bonchev–Trinajstić information content (AvgIpc) is 2.06. The molecule has 0 heterocycles. The van der Waals surface area contributed by atoms with Crippen LogP contribution in [-0.4, -0.2) is 18.7 Å². The summed E-state index contributed by atoms with van der Waals surface area (Å²) in [4.78, 5) is 0. The fourth-order valence-corrected chi connectivity index (χ4v) is 0.415. The summed E-state index contributed by atoms with van der Waals surface area (Å²) in [6.07, 6.45) is 0. The molecule has 0 bridgehead atoms. The van der Waals surface area contributed by atoms with Gasteiger partial charge in [0.25, 0.3) is 10.1 Å². The summed E-state index contributed by atoms with van der Waals surface area (Å²) in [5, 5.41) is 0. The highest BCUT2D eigenvalue weighted by atomic mass is 32.2. The summed E-state index contributed by atoms with van der Waals surface area (Å²) in [6.45, 7) is 1.37. The smallest absolute Gasteiger partial charge is 0.264 e. The summed E-state index contributed by atoms with van der Waals surface area (Å²) in [5.41, 5.74) is 0. The second-order valence-electron chi connectivity index (χ2n) is 2.17. The minimum atomic E-state index is -3.66. The first-order valence-corrected chi connectivity index (χ1v) is 5.22. The van der Waals surface area contributed by atoms with Gasteiger partial charge < -0.3 is 0 Å². The first-order chi connectivity index (χ1) is 5.95. The van der Waals surface area contributed by atoms with Crippen molar-refractivity contribution in [2.75, 3.05) is 5.75 Å². The monoisotopic (exact) mass is 206 g/mol. The zero-order chi connectivity index (χ0) is 10.3. The standard InChI is InChI=1S/C6H5F.C2H6O3S/c7-6-4-2-1-3-5-6;1-2-6(3,4)5/h1-5H;2H2,1H3,(H,3,4,5). The van der Waals surface area contributed by atoms with Crippen LogP contribution in [-0.2, 0) is 10.1 Å². The Labute approximate surface area is 77.0 Å². The maximum atomic E-state index is 11.9. The highest BCUT2D eigenvalue weighted by Gasteiger charge is 1.93. The molecule has 0 radical (unpaired) electrons. The van der Waals surface area contributed by atoms with Crippen LogP contribution in [0, 0.1) is 5.82 Å². The maximum absolute atomic E-state index is 11.9. The zero-order valence-corrected chi connectivity index (χ0v) is 7.96. The van der Waals surface area contributed by atoms with E-state index < -0.39 is 10.1 Å². The molecular formula is C8H11FO3S. The minimum absolute atomic E-state index is 0.178. The third-order valence-electron chi connectivity index (χ3n) is 1.10. The minimum Gasteiger partial charge on any atom is -0.286 e. The summed E-state index contributed by atoms with van der Waals surface area (Å²) < 4.78 is 38.8. The van der Waals surface area contributed by atoms with Gasteiger partial charge in [0.1, 0.15) is 5.82 Å². The molecule has 0 aliphatic heterocycles. The summed E-state index contributed by atoms with van der Waals surface area (Å²) in [5.74, 6) is -0.380. The molecule has 0 aromatic heterocycles. The molecular weight excluding hydrogens is 195 g/mol. The number of benzene rings is 1. The van der Waals surface area contributed by atoms with Gasteiger partial charge in [-0.2, -0.15) is 8.42 Å². The predicted octanol–water partition coefficient (Wildman–Crippen LogP) is 1.72. The Bertz CT molecular complexity index is 321. The Hall–Kier alpha value is -0.940. The van der Waals surface area contributed by atoms with Crippen molar-refractivity contribution in [2.24, 2.45) is 0 Å². The molecule has 3 nitrogen and oxygen atoms in total. The zero-order valence-electron chi connectivity index (χ0n) is 7.14. The molecule has 1 rings (SSSR count). The van der Waals surface area contributed by atoms with Crippen molar-refractivity contribution in [3.63, 3.8) is 0 Å². The van der Waals surface area contributed by atoms with Gasteiger partial charge in [0.05, 0.1) is 5.75 Å². The molecule has 0 saturated carbocycles. The molecule has 0 aliphatic rings. The average molecular weight is 206 g/mol. The lowest BCUT2D eigenvalue weighted by Crippen LogP contribution is -1.97. The number of hydrogen-bond acceptors (Lipinski definition) is 2. The molecule has 74 valence electrons. The van der Waals surface area contributed by atoms with Crippen LogP contribution in [0.4, 0.5) is 4.39 Å². The fraction of sp³-hybridized carbons (Fsp3) is 0.250. The lowest BCUT2D eigenvalue weighted by molar-refractivity contribution is 0.484. The van der Waals surface area contributed by atoms with Gasteiger partial charge in [-0.05, 0) is 19.1 Å². The predicted molar refractivity (Wildman–Crippen MR) is 48.5 cm³/mol. The van der Waals surface area contributed by atoms with E-state index >= 15 is 0 Å². The molecule has 0 aliphatic carbocycles. The van der Waals surface area contributed by atoms with Gasteiger partial charge >= 0.3 is 0 Å². The van der Waals surface area contributed by atoms with Crippen molar-refractivity contribution >= 4 is 10.1 Å². The van der Waals surface area contributed by atoms with Gasteiger partial charge in [0.2, 0.25) is 0 Å². The molecule has 0 unspecified atom stereocenters. The number of rotatable bonds is 1. The van der Waals surface area contributed by atoms with Crippen LogP contribution < -0.4 is 0 Å². The van der Waals surface area contributed by atoms with Crippen molar-refractivity contribution in [1.82, 2.24) is 0 Å². The van der Waals surface area contributed by atoms with E-state index in [1.807, 2.05) is 0 Å². The van der Waals surface area contributed by atoms with E-state index in [-0.39, 0.29) is 11.6 Å². The van der Waals surface area contributed by atoms with Gasteiger partial charge in [0, 0.05) is 0 Å². The Kier molecular flexibility index (Phi) is 5.25. The summed E-state index contributed by atoms with van der Waals surface area (Å²) in [7, 11) is -3.66. The number of halogens is 1. The van der Waals surface area contributed by atoms with Gasteiger partial charge in [-0.3, -0.25) is 4.55 Å². The van der Waals surface area contributed by atoms with Gasteiger partial charge in [0.15, 0.2) is 0 Å². The van der Waals surface area contributed by atoms with Crippen LogP contribution in [0.1, 0.15) is 6.92 Å². The van der Waals surface area contributed by atoms with E-state index in [9.17, 15) is 12.8 Å². The molecule has 1 N–H and O–H groups in total. The first-order valence-electron chi connectivity index (χ1n) is 3.61. The van der Waals surface area contributed by atoms with E-state index in [0.29, 0.717) is 0 Å². The SMILES string of the molecule is CCS(=O)(=O)O.Fc1ccccc1. The molecule has 0 atom stereocenters. The molecule has 0 spiro atoms. The van der Waals surface area contributed by atoms with Crippen LogP contribution in [0.15, 0.2) is 30.3 Å².